The zero-order valence-corrected chi connectivity index (χ0v) is 11.2. The average molecular weight is 270 g/mol. The molecule has 5 nitrogen and oxygen atoms in total. The topological polar surface area (TPSA) is 75.4 Å². The monoisotopic (exact) mass is 270 g/mol. The number of aryl methyl sites for hydroxylation is 1. The molecule has 1 heterocycles. The minimum atomic E-state index is -0.739. The fraction of sp³-hybridized carbons (Fsp3) is 0.667. The summed E-state index contributed by atoms with van der Waals surface area (Å²) in [6, 6.07) is 0. The van der Waals surface area contributed by atoms with Gasteiger partial charge in [0.05, 0.1) is 17.7 Å². The van der Waals surface area contributed by atoms with E-state index in [9.17, 15) is 9.90 Å². The van der Waals surface area contributed by atoms with Crippen LogP contribution in [-0.2, 0) is 11.8 Å². The lowest BCUT2D eigenvalue weighted by atomic mass is 9.80. The van der Waals surface area contributed by atoms with E-state index in [1.165, 1.54) is 0 Å². The molecule has 1 fully saturated rings. The number of aliphatic hydroxyl groups is 1. The number of aromatic nitrogens is 2. The van der Waals surface area contributed by atoms with E-state index in [1.807, 2.05) is 13.2 Å². The zero-order chi connectivity index (χ0) is 13.2. The maximum atomic E-state index is 10.8. The SMILES string of the molecule is Cn1cc(SCC2(O)CCC(C(=O)O)CC2)cn1. The number of hydrogen-bond acceptors (Lipinski definition) is 4. The van der Waals surface area contributed by atoms with Crippen molar-refractivity contribution in [2.75, 3.05) is 5.75 Å². The van der Waals surface area contributed by atoms with Crippen LogP contribution in [0.1, 0.15) is 25.7 Å². The molecule has 0 unspecified atom stereocenters. The van der Waals surface area contributed by atoms with Gasteiger partial charge in [-0.1, -0.05) is 0 Å². The van der Waals surface area contributed by atoms with Crippen molar-refractivity contribution in [1.82, 2.24) is 9.78 Å². The molecule has 6 heteroatoms. The van der Waals surface area contributed by atoms with Crippen LogP contribution in [0.3, 0.4) is 0 Å². The number of carboxylic acid groups (broad SMARTS) is 1. The highest BCUT2D eigenvalue weighted by molar-refractivity contribution is 7.99. The summed E-state index contributed by atoms with van der Waals surface area (Å²) in [4.78, 5) is 11.9. The molecule has 2 N–H and O–H groups in total. The summed E-state index contributed by atoms with van der Waals surface area (Å²) in [7, 11) is 1.86. The maximum Gasteiger partial charge on any atom is 0.306 e. The van der Waals surface area contributed by atoms with Crippen molar-refractivity contribution < 1.29 is 15.0 Å². The van der Waals surface area contributed by atoms with E-state index >= 15 is 0 Å². The average Bonchev–Trinajstić information content (AvgIpc) is 2.73. The number of nitrogens with zero attached hydrogens (tertiary/aromatic N) is 2. The Labute approximate surface area is 110 Å². The summed E-state index contributed by atoms with van der Waals surface area (Å²) in [5.74, 6) is -0.420. The second-order valence-electron chi connectivity index (χ2n) is 4.98. The van der Waals surface area contributed by atoms with Gasteiger partial charge < -0.3 is 10.2 Å². The van der Waals surface area contributed by atoms with Gasteiger partial charge in [-0.25, -0.2) is 0 Å². The number of aliphatic carboxylic acids is 1. The first kappa shape index (κ1) is 13.4. The van der Waals surface area contributed by atoms with E-state index in [0.717, 1.165) is 4.90 Å². The number of carboxylic acids is 1. The Morgan fingerprint density at radius 1 is 1.61 bits per heavy atom. The molecule has 0 radical (unpaired) electrons. The van der Waals surface area contributed by atoms with Crippen LogP contribution in [-0.4, -0.2) is 37.3 Å². The molecule has 0 aromatic carbocycles. The van der Waals surface area contributed by atoms with Gasteiger partial charge in [-0.15, -0.1) is 11.8 Å². The van der Waals surface area contributed by atoms with Gasteiger partial charge in [0.15, 0.2) is 0 Å². The molecule has 1 aliphatic carbocycles. The van der Waals surface area contributed by atoms with Crippen LogP contribution in [0.25, 0.3) is 0 Å². The summed E-state index contributed by atoms with van der Waals surface area (Å²) >= 11 is 1.58. The summed E-state index contributed by atoms with van der Waals surface area (Å²) in [6.07, 6.45) is 5.96. The second-order valence-corrected chi connectivity index (χ2v) is 6.02. The molecule has 0 saturated heterocycles. The van der Waals surface area contributed by atoms with Gasteiger partial charge in [-0.05, 0) is 25.7 Å². The predicted molar refractivity (Wildman–Crippen MR) is 68.5 cm³/mol. The van der Waals surface area contributed by atoms with E-state index in [1.54, 1.807) is 22.6 Å². The van der Waals surface area contributed by atoms with Crippen LogP contribution in [0.5, 0.6) is 0 Å². The Hall–Kier alpha value is -1.01. The molecular weight excluding hydrogens is 252 g/mol. The van der Waals surface area contributed by atoms with Gasteiger partial charge in [0.1, 0.15) is 0 Å². The van der Waals surface area contributed by atoms with E-state index in [0.29, 0.717) is 31.4 Å². The van der Waals surface area contributed by atoms with Crippen LogP contribution >= 0.6 is 11.8 Å². The number of thioether (sulfide) groups is 1. The first-order chi connectivity index (χ1) is 8.48. The van der Waals surface area contributed by atoms with Crippen molar-refractivity contribution in [3.05, 3.63) is 12.4 Å². The largest absolute Gasteiger partial charge is 0.481 e. The predicted octanol–water partition coefficient (Wildman–Crippen LogP) is 1.52. The molecule has 0 spiro atoms. The highest BCUT2D eigenvalue weighted by Gasteiger charge is 2.35. The van der Waals surface area contributed by atoms with Crippen LogP contribution in [0, 0.1) is 5.92 Å². The normalized spacial score (nSPS) is 28.2. The van der Waals surface area contributed by atoms with Crippen molar-refractivity contribution in [3.63, 3.8) is 0 Å². The lowest BCUT2D eigenvalue weighted by Crippen LogP contribution is -2.38. The molecule has 0 aliphatic heterocycles. The van der Waals surface area contributed by atoms with E-state index < -0.39 is 11.6 Å². The van der Waals surface area contributed by atoms with Crippen molar-refractivity contribution in [1.29, 1.82) is 0 Å². The Morgan fingerprint density at radius 3 is 2.78 bits per heavy atom. The van der Waals surface area contributed by atoms with Gasteiger partial charge in [0.25, 0.3) is 0 Å². The summed E-state index contributed by atoms with van der Waals surface area (Å²) < 4.78 is 1.73. The summed E-state index contributed by atoms with van der Waals surface area (Å²) in [5, 5.41) is 23.4. The quantitative estimate of drug-likeness (QED) is 0.811. The third-order valence-electron chi connectivity index (χ3n) is 3.45. The number of carbonyl (C=O) groups is 1. The summed E-state index contributed by atoms with van der Waals surface area (Å²) in [5.41, 5.74) is -0.730. The molecule has 1 aromatic heterocycles. The molecule has 18 heavy (non-hydrogen) atoms. The van der Waals surface area contributed by atoms with Gasteiger partial charge in [-0.3, -0.25) is 9.48 Å². The third kappa shape index (κ3) is 3.26. The molecule has 1 saturated carbocycles. The van der Waals surface area contributed by atoms with Crippen LogP contribution in [0.4, 0.5) is 0 Å². The molecule has 1 aliphatic rings. The lowest BCUT2D eigenvalue weighted by Gasteiger charge is -2.34. The Balaban J connectivity index is 1.84. The molecule has 100 valence electrons. The Bertz CT molecular complexity index is 425. The van der Waals surface area contributed by atoms with Crippen molar-refractivity contribution in [2.24, 2.45) is 13.0 Å². The number of rotatable bonds is 4. The molecule has 0 amide bonds. The maximum absolute atomic E-state index is 10.8. The highest BCUT2D eigenvalue weighted by atomic mass is 32.2. The van der Waals surface area contributed by atoms with Crippen LogP contribution in [0.15, 0.2) is 17.3 Å². The first-order valence-electron chi connectivity index (χ1n) is 6.05. The Kier molecular flexibility index (Phi) is 3.97. The molecule has 0 bridgehead atoms. The van der Waals surface area contributed by atoms with E-state index in [4.69, 9.17) is 5.11 Å². The Morgan fingerprint density at radius 2 is 2.28 bits per heavy atom. The van der Waals surface area contributed by atoms with Crippen molar-refractivity contribution in [3.8, 4) is 0 Å². The minimum absolute atomic E-state index is 0.284. The second kappa shape index (κ2) is 5.32. The van der Waals surface area contributed by atoms with Crippen LogP contribution in [0.2, 0.25) is 0 Å². The fourth-order valence-electron chi connectivity index (χ4n) is 2.24. The zero-order valence-electron chi connectivity index (χ0n) is 10.4. The third-order valence-corrected chi connectivity index (χ3v) is 4.68. The van der Waals surface area contributed by atoms with E-state index in [-0.39, 0.29) is 5.92 Å². The van der Waals surface area contributed by atoms with Gasteiger partial charge >= 0.3 is 5.97 Å². The minimum Gasteiger partial charge on any atom is -0.481 e. The van der Waals surface area contributed by atoms with Gasteiger partial charge in [0.2, 0.25) is 0 Å². The number of hydrogen-bond donors (Lipinski definition) is 2. The lowest BCUT2D eigenvalue weighted by molar-refractivity contribution is -0.144. The van der Waals surface area contributed by atoms with Crippen molar-refractivity contribution >= 4 is 17.7 Å². The van der Waals surface area contributed by atoms with E-state index in [2.05, 4.69) is 5.10 Å². The molecular formula is C12H18N2O3S. The molecule has 1 aromatic rings. The summed E-state index contributed by atoms with van der Waals surface area (Å²) in [6.45, 7) is 0. The van der Waals surface area contributed by atoms with Crippen LogP contribution < -0.4 is 0 Å². The van der Waals surface area contributed by atoms with Gasteiger partial charge in [0, 0.05) is 23.9 Å². The standard InChI is InChI=1S/C12H18N2O3S/c1-14-7-10(6-13-14)18-8-12(17)4-2-9(3-5-12)11(15)16/h6-7,9,17H,2-5,8H2,1H3,(H,15,16). The fourth-order valence-corrected chi connectivity index (χ4v) is 3.31. The smallest absolute Gasteiger partial charge is 0.306 e. The molecule has 0 atom stereocenters. The van der Waals surface area contributed by atoms with Gasteiger partial charge in [-0.2, -0.15) is 5.10 Å². The molecule has 2 rings (SSSR count). The first-order valence-corrected chi connectivity index (χ1v) is 7.04. The van der Waals surface area contributed by atoms with Crippen molar-refractivity contribution in [2.45, 2.75) is 36.2 Å². The highest BCUT2D eigenvalue weighted by Crippen LogP contribution is 2.36.